The third kappa shape index (κ3) is 5.08. The number of carbonyl (C=O) groups excluding carboxylic acids is 3. The maximum Gasteiger partial charge on any atom is 0.417 e. The first-order chi connectivity index (χ1) is 20.7. The average molecular weight is 620 g/mol. The second-order valence-corrected chi connectivity index (χ2v) is 12.9. The lowest BCUT2D eigenvalue weighted by Gasteiger charge is -2.45. The first-order valence-corrected chi connectivity index (χ1v) is 15.1. The van der Waals surface area contributed by atoms with Crippen molar-refractivity contribution in [2.45, 2.75) is 63.3 Å². The van der Waals surface area contributed by atoms with E-state index in [-0.39, 0.29) is 18.5 Å². The van der Waals surface area contributed by atoms with Crippen LogP contribution in [0.3, 0.4) is 0 Å². The smallest absolute Gasteiger partial charge is 0.417 e. The summed E-state index contributed by atoms with van der Waals surface area (Å²) in [5.74, 6) is -8.21. The minimum absolute atomic E-state index is 0.0712. The Labute approximate surface area is 251 Å². The SMILES string of the molecule is NC(=O)C1=C(O)C[C@@H]2CC3Cc4c(c(O)cc(CN(CCN5CCCC5)CC5CC5)c4C(F)(F)F)C(=O)C3=C(O)[C@]2(O)C1=O. The Morgan fingerprint density at radius 2 is 1.80 bits per heavy atom. The Hall–Kier alpha value is -3.42. The molecular weight excluding hydrogens is 583 g/mol. The minimum atomic E-state index is -4.87. The van der Waals surface area contributed by atoms with Crippen LogP contribution in [0, 0.1) is 17.8 Å². The number of rotatable bonds is 8. The van der Waals surface area contributed by atoms with Crippen molar-refractivity contribution in [1.29, 1.82) is 0 Å². The van der Waals surface area contributed by atoms with Crippen LogP contribution in [0.4, 0.5) is 13.2 Å². The molecule has 44 heavy (non-hydrogen) atoms. The normalized spacial score (nSPS) is 27.6. The summed E-state index contributed by atoms with van der Waals surface area (Å²) >= 11 is 0. The van der Waals surface area contributed by atoms with Gasteiger partial charge in [0.15, 0.2) is 11.4 Å². The van der Waals surface area contributed by atoms with E-state index in [0.29, 0.717) is 19.0 Å². The quantitative estimate of drug-likeness (QED) is 0.275. The van der Waals surface area contributed by atoms with Crippen molar-refractivity contribution in [2.75, 3.05) is 32.7 Å². The predicted molar refractivity (Wildman–Crippen MR) is 149 cm³/mol. The van der Waals surface area contributed by atoms with E-state index in [1.165, 1.54) is 0 Å². The number of allylic oxidation sites excluding steroid dienone is 2. The van der Waals surface area contributed by atoms with E-state index in [0.717, 1.165) is 51.4 Å². The largest absolute Gasteiger partial charge is 0.511 e. The van der Waals surface area contributed by atoms with Gasteiger partial charge in [-0.2, -0.15) is 13.2 Å². The maximum absolute atomic E-state index is 14.9. The molecule has 3 atom stereocenters. The van der Waals surface area contributed by atoms with Gasteiger partial charge in [0.05, 0.1) is 11.1 Å². The number of primary amides is 1. The van der Waals surface area contributed by atoms with Gasteiger partial charge >= 0.3 is 6.18 Å². The highest BCUT2D eigenvalue weighted by atomic mass is 19.4. The fourth-order valence-corrected chi connectivity index (χ4v) is 7.67. The Kier molecular flexibility index (Phi) is 7.57. The van der Waals surface area contributed by atoms with Crippen molar-refractivity contribution in [1.82, 2.24) is 9.80 Å². The van der Waals surface area contributed by atoms with E-state index in [1.807, 2.05) is 4.90 Å². The van der Waals surface area contributed by atoms with Gasteiger partial charge in [0.1, 0.15) is 22.8 Å². The van der Waals surface area contributed by atoms with Gasteiger partial charge < -0.3 is 31.1 Å². The van der Waals surface area contributed by atoms with Crippen molar-refractivity contribution >= 4 is 17.5 Å². The van der Waals surface area contributed by atoms with Gasteiger partial charge in [-0.25, -0.2) is 0 Å². The van der Waals surface area contributed by atoms with Crippen molar-refractivity contribution in [3.05, 3.63) is 51.0 Å². The number of halogens is 3. The minimum Gasteiger partial charge on any atom is -0.511 e. The third-order valence-electron chi connectivity index (χ3n) is 9.97. The number of fused-ring (bicyclic) bond motifs is 3. The van der Waals surface area contributed by atoms with Gasteiger partial charge in [-0.15, -0.1) is 0 Å². The molecule has 1 aliphatic heterocycles. The summed E-state index contributed by atoms with van der Waals surface area (Å²) in [5, 5.41) is 43.9. The first-order valence-electron chi connectivity index (χ1n) is 15.1. The van der Waals surface area contributed by atoms with Crippen LogP contribution < -0.4 is 5.73 Å². The number of nitrogens with zero attached hydrogens (tertiary/aromatic N) is 2. The molecule has 1 aromatic rings. The summed E-state index contributed by atoms with van der Waals surface area (Å²) < 4.78 is 44.6. The molecule has 13 heteroatoms. The van der Waals surface area contributed by atoms with E-state index in [9.17, 15) is 48.0 Å². The number of Topliss-reactive ketones (excluding diaryl/α,β-unsaturated/α-hetero) is 2. The van der Waals surface area contributed by atoms with Gasteiger partial charge in [0.25, 0.3) is 5.91 Å². The van der Waals surface area contributed by atoms with E-state index < -0.39 is 99.0 Å². The molecule has 1 amide bonds. The second-order valence-electron chi connectivity index (χ2n) is 12.9. The first kappa shape index (κ1) is 30.6. The zero-order valence-electron chi connectivity index (χ0n) is 24.1. The van der Waals surface area contributed by atoms with Gasteiger partial charge in [-0.05, 0) is 80.6 Å². The molecule has 1 heterocycles. The van der Waals surface area contributed by atoms with E-state index in [2.05, 4.69) is 4.90 Å². The second kappa shape index (κ2) is 10.9. The zero-order chi connectivity index (χ0) is 31.7. The molecule has 238 valence electrons. The van der Waals surface area contributed by atoms with Crippen LogP contribution in [0.25, 0.3) is 0 Å². The van der Waals surface area contributed by atoms with E-state index in [4.69, 9.17) is 5.73 Å². The standard InChI is InChI=1S/C31H36F3N3O7/c32-31(33,34)25-17(14-37(13-15-3-4-15)8-7-36-5-1-2-6-36)11-20(38)23-19(25)10-16-9-18-12-21(39)24(29(35)43)28(42)30(18,44)27(41)22(16)26(23)40/h11,15-16,18,38-39,41,44H,1-10,12-14H2,(H2,35,43)/t16?,18-,30-/m0/s1. The van der Waals surface area contributed by atoms with Crippen LogP contribution in [-0.4, -0.2) is 86.0 Å². The number of carbonyl (C=O) groups is 3. The monoisotopic (exact) mass is 619 g/mol. The molecule has 5 aliphatic rings. The molecular formula is C31H36F3N3O7. The third-order valence-corrected chi connectivity index (χ3v) is 9.97. The van der Waals surface area contributed by atoms with Crippen LogP contribution in [0.1, 0.15) is 65.6 Å². The Morgan fingerprint density at radius 1 is 1.11 bits per heavy atom. The van der Waals surface area contributed by atoms with E-state index in [1.54, 1.807) is 0 Å². The molecule has 10 nitrogen and oxygen atoms in total. The van der Waals surface area contributed by atoms with Gasteiger partial charge in [0.2, 0.25) is 5.78 Å². The number of benzene rings is 1. The number of ketones is 2. The molecule has 0 aromatic heterocycles. The summed E-state index contributed by atoms with van der Waals surface area (Å²) in [6.07, 6.45) is -1.76. The van der Waals surface area contributed by atoms with Gasteiger partial charge in [-0.3, -0.25) is 19.3 Å². The van der Waals surface area contributed by atoms with Crippen LogP contribution in [0.2, 0.25) is 0 Å². The summed E-state index contributed by atoms with van der Waals surface area (Å²) in [7, 11) is 0. The molecule has 6 N–H and O–H groups in total. The molecule has 1 unspecified atom stereocenters. The fourth-order valence-electron chi connectivity index (χ4n) is 7.67. The Morgan fingerprint density at radius 3 is 2.41 bits per heavy atom. The molecule has 0 radical (unpaired) electrons. The summed E-state index contributed by atoms with van der Waals surface area (Å²) in [4.78, 5) is 43.0. The molecule has 4 aliphatic carbocycles. The number of alkyl halides is 3. The van der Waals surface area contributed by atoms with E-state index >= 15 is 0 Å². The Bertz CT molecular complexity index is 1490. The maximum atomic E-state index is 14.9. The number of hydrogen-bond acceptors (Lipinski definition) is 9. The number of aromatic hydroxyl groups is 1. The number of amides is 1. The highest BCUT2D eigenvalue weighted by Gasteiger charge is 2.60. The summed E-state index contributed by atoms with van der Waals surface area (Å²) in [6.45, 7) is 3.75. The lowest BCUT2D eigenvalue weighted by atomic mass is 9.60. The lowest BCUT2D eigenvalue weighted by Crippen LogP contribution is -2.57. The van der Waals surface area contributed by atoms with Crippen molar-refractivity contribution in [3.63, 3.8) is 0 Å². The number of phenols is 1. The number of nitrogens with two attached hydrogens (primary N) is 1. The van der Waals surface area contributed by atoms with Crippen LogP contribution in [-0.2, 0) is 28.7 Å². The molecule has 0 bridgehead atoms. The van der Waals surface area contributed by atoms with Crippen molar-refractivity contribution in [3.8, 4) is 5.75 Å². The van der Waals surface area contributed by atoms with Crippen LogP contribution >= 0.6 is 0 Å². The highest BCUT2D eigenvalue weighted by molar-refractivity contribution is 6.24. The number of aliphatic hydroxyl groups excluding tert-OH is 2. The Balaban J connectivity index is 1.40. The number of hydrogen-bond donors (Lipinski definition) is 5. The summed E-state index contributed by atoms with van der Waals surface area (Å²) in [5.41, 5.74) is -1.16. The molecule has 1 saturated carbocycles. The predicted octanol–water partition coefficient (Wildman–Crippen LogP) is 2.91. The van der Waals surface area contributed by atoms with Gasteiger partial charge in [0, 0.05) is 44.1 Å². The van der Waals surface area contributed by atoms with Crippen LogP contribution in [0.5, 0.6) is 5.75 Å². The fraction of sp³-hybridized carbons (Fsp3) is 0.581. The average Bonchev–Trinajstić information content (AvgIpc) is 3.58. The number of likely N-dealkylation sites (tertiary alicyclic amines) is 1. The number of aliphatic hydroxyl groups is 3. The molecule has 6 rings (SSSR count). The molecule has 2 fully saturated rings. The molecule has 1 saturated heterocycles. The lowest BCUT2D eigenvalue weighted by molar-refractivity contribution is -0.144. The summed E-state index contributed by atoms with van der Waals surface area (Å²) in [6, 6.07) is 0.964. The zero-order valence-corrected chi connectivity index (χ0v) is 24.1. The topological polar surface area (TPSA) is 165 Å². The van der Waals surface area contributed by atoms with Gasteiger partial charge in [-0.1, -0.05) is 0 Å². The highest BCUT2D eigenvalue weighted by Crippen LogP contribution is 2.53. The van der Waals surface area contributed by atoms with Crippen LogP contribution in [0.15, 0.2) is 28.7 Å². The number of phenolic OH excluding ortho intramolecular Hbond substituents is 1. The van der Waals surface area contributed by atoms with Crippen molar-refractivity contribution < 1.29 is 48.0 Å². The molecule has 0 spiro atoms. The molecule has 1 aromatic carbocycles. The van der Waals surface area contributed by atoms with Crippen molar-refractivity contribution in [2.24, 2.45) is 23.5 Å².